The third-order valence-electron chi connectivity index (χ3n) is 3.60. The van der Waals surface area contributed by atoms with Gasteiger partial charge in [-0.1, -0.05) is 12.1 Å². The first-order valence-corrected chi connectivity index (χ1v) is 9.32. The van der Waals surface area contributed by atoms with Crippen LogP contribution in [0.4, 0.5) is 11.5 Å². The van der Waals surface area contributed by atoms with E-state index < -0.39 is 10.0 Å². The lowest BCUT2D eigenvalue weighted by molar-refractivity contribution is 0.598. The van der Waals surface area contributed by atoms with Crippen molar-refractivity contribution >= 4 is 32.6 Å². The molecule has 0 fully saturated rings. The van der Waals surface area contributed by atoms with Crippen LogP contribution in [0.25, 0.3) is 22.3 Å². The quantitative estimate of drug-likeness (QED) is 0.609. The van der Waals surface area contributed by atoms with Crippen LogP contribution >= 0.6 is 0 Å². The largest absolute Gasteiger partial charge is 0.388 e. The van der Waals surface area contributed by atoms with E-state index in [1.165, 1.54) is 0 Å². The lowest BCUT2D eigenvalue weighted by Crippen LogP contribution is -2.22. The van der Waals surface area contributed by atoms with E-state index in [9.17, 15) is 8.42 Å². The number of anilines is 2. The standard InChI is InChI=1S/C16H18N6O2S/c1-18-12-4-2-11(3-5-12)13-10-14-15(20-7-6-19-14)16(22-13)21-8-9-25(17,23)24/h2-7,10,18H,8-9H2,1H3,(H,21,22)(H2,17,23,24). The van der Waals surface area contributed by atoms with E-state index >= 15 is 0 Å². The van der Waals surface area contributed by atoms with Crippen molar-refractivity contribution in [2.75, 3.05) is 30.0 Å². The Kier molecular flexibility index (Phi) is 4.77. The topological polar surface area (TPSA) is 123 Å². The molecule has 3 rings (SSSR count). The van der Waals surface area contributed by atoms with Gasteiger partial charge in [0.2, 0.25) is 10.0 Å². The molecule has 0 radical (unpaired) electrons. The molecular formula is C16H18N6O2S. The highest BCUT2D eigenvalue weighted by atomic mass is 32.2. The highest BCUT2D eigenvalue weighted by Crippen LogP contribution is 2.26. The van der Waals surface area contributed by atoms with Crippen molar-refractivity contribution in [3.8, 4) is 11.3 Å². The van der Waals surface area contributed by atoms with Crippen molar-refractivity contribution < 1.29 is 8.42 Å². The van der Waals surface area contributed by atoms with Gasteiger partial charge in [-0.15, -0.1) is 0 Å². The predicted octanol–water partition coefficient (Wildman–Crippen LogP) is 1.43. The van der Waals surface area contributed by atoms with Crippen LogP contribution < -0.4 is 15.8 Å². The number of pyridine rings is 1. The Morgan fingerprint density at radius 3 is 2.52 bits per heavy atom. The van der Waals surface area contributed by atoms with Gasteiger partial charge in [0.05, 0.1) is 17.0 Å². The summed E-state index contributed by atoms with van der Waals surface area (Å²) >= 11 is 0. The maximum atomic E-state index is 11.1. The molecule has 2 heterocycles. The zero-order chi connectivity index (χ0) is 17.9. The van der Waals surface area contributed by atoms with Crippen LogP contribution in [0, 0.1) is 0 Å². The predicted molar refractivity (Wildman–Crippen MR) is 98.8 cm³/mol. The molecule has 9 heteroatoms. The van der Waals surface area contributed by atoms with Gasteiger partial charge in [-0.2, -0.15) is 0 Å². The summed E-state index contributed by atoms with van der Waals surface area (Å²) in [6.07, 6.45) is 3.17. The van der Waals surface area contributed by atoms with Crippen LogP contribution in [-0.2, 0) is 10.0 Å². The lowest BCUT2D eigenvalue weighted by atomic mass is 10.1. The molecule has 1 aromatic carbocycles. The van der Waals surface area contributed by atoms with Crippen LogP contribution in [0.2, 0.25) is 0 Å². The summed E-state index contributed by atoms with van der Waals surface area (Å²) in [7, 11) is -1.70. The third-order valence-corrected chi connectivity index (χ3v) is 4.38. The van der Waals surface area contributed by atoms with E-state index in [1.54, 1.807) is 12.4 Å². The average Bonchev–Trinajstić information content (AvgIpc) is 2.60. The number of hydrogen-bond donors (Lipinski definition) is 3. The van der Waals surface area contributed by atoms with Gasteiger partial charge in [-0.3, -0.25) is 4.98 Å². The molecule has 2 aromatic heterocycles. The molecule has 0 aliphatic carbocycles. The third kappa shape index (κ3) is 4.20. The van der Waals surface area contributed by atoms with Gasteiger partial charge < -0.3 is 10.6 Å². The number of nitrogens with zero attached hydrogens (tertiary/aromatic N) is 3. The molecule has 0 aliphatic rings. The Hall–Kier alpha value is -2.78. The Morgan fingerprint density at radius 2 is 1.84 bits per heavy atom. The minimum absolute atomic E-state index is 0.139. The van der Waals surface area contributed by atoms with E-state index in [0.717, 1.165) is 11.3 Å². The molecule has 0 bridgehead atoms. The van der Waals surface area contributed by atoms with Crippen molar-refractivity contribution in [2.45, 2.75) is 0 Å². The second-order valence-electron chi connectivity index (χ2n) is 5.40. The molecule has 0 unspecified atom stereocenters. The lowest BCUT2D eigenvalue weighted by Gasteiger charge is -2.10. The van der Waals surface area contributed by atoms with Crippen molar-refractivity contribution in [1.29, 1.82) is 0 Å². The monoisotopic (exact) mass is 358 g/mol. The normalized spacial score (nSPS) is 11.4. The molecule has 4 N–H and O–H groups in total. The van der Waals surface area contributed by atoms with Crippen molar-refractivity contribution in [3.63, 3.8) is 0 Å². The molecule has 0 amide bonds. The van der Waals surface area contributed by atoms with E-state index in [0.29, 0.717) is 22.5 Å². The average molecular weight is 358 g/mol. The van der Waals surface area contributed by atoms with Crippen LogP contribution in [-0.4, -0.2) is 42.7 Å². The minimum Gasteiger partial charge on any atom is -0.388 e. The molecule has 8 nitrogen and oxygen atoms in total. The zero-order valence-corrected chi connectivity index (χ0v) is 14.4. The number of rotatable bonds is 6. The van der Waals surface area contributed by atoms with E-state index in [4.69, 9.17) is 5.14 Å². The maximum Gasteiger partial charge on any atom is 0.210 e. The number of hydrogen-bond acceptors (Lipinski definition) is 7. The summed E-state index contributed by atoms with van der Waals surface area (Å²) in [6, 6.07) is 9.65. The van der Waals surface area contributed by atoms with Gasteiger partial charge in [-0.05, 0) is 18.2 Å². The van der Waals surface area contributed by atoms with Gasteiger partial charge >= 0.3 is 0 Å². The van der Waals surface area contributed by atoms with Crippen molar-refractivity contribution in [2.24, 2.45) is 5.14 Å². The summed E-state index contributed by atoms with van der Waals surface area (Å²) in [5, 5.41) is 11.1. The fourth-order valence-electron chi connectivity index (χ4n) is 2.36. The summed E-state index contributed by atoms with van der Waals surface area (Å²) in [5.74, 6) is 0.277. The fraction of sp³-hybridized carbons (Fsp3) is 0.188. The summed E-state index contributed by atoms with van der Waals surface area (Å²) < 4.78 is 22.2. The fourth-order valence-corrected chi connectivity index (χ4v) is 2.75. The Labute approximate surface area is 145 Å². The number of sulfonamides is 1. The van der Waals surface area contributed by atoms with Crippen LogP contribution in [0.15, 0.2) is 42.7 Å². The van der Waals surface area contributed by atoms with Crippen LogP contribution in [0.1, 0.15) is 0 Å². The zero-order valence-electron chi connectivity index (χ0n) is 13.6. The molecule has 3 aromatic rings. The van der Waals surface area contributed by atoms with Crippen molar-refractivity contribution in [1.82, 2.24) is 15.0 Å². The van der Waals surface area contributed by atoms with Gasteiger partial charge in [0, 0.05) is 37.2 Å². The SMILES string of the molecule is CNc1ccc(-c2cc3nccnc3c(NCCS(N)(=O)=O)n2)cc1. The highest BCUT2D eigenvalue weighted by Gasteiger charge is 2.11. The molecule has 0 atom stereocenters. The van der Waals surface area contributed by atoms with Gasteiger partial charge in [0.1, 0.15) is 5.52 Å². The maximum absolute atomic E-state index is 11.1. The van der Waals surface area contributed by atoms with E-state index in [2.05, 4.69) is 25.6 Å². The Morgan fingerprint density at radius 1 is 1.12 bits per heavy atom. The van der Waals surface area contributed by atoms with Crippen molar-refractivity contribution in [3.05, 3.63) is 42.7 Å². The molecule has 0 saturated carbocycles. The van der Waals surface area contributed by atoms with E-state index in [1.807, 2.05) is 37.4 Å². The van der Waals surface area contributed by atoms with Crippen LogP contribution in [0.3, 0.4) is 0 Å². The first-order valence-electron chi connectivity index (χ1n) is 7.60. The molecule has 0 spiro atoms. The number of benzene rings is 1. The summed E-state index contributed by atoms with van der Waals surface area (Å²) in [4.78, 5) is 13.2. The molecular weight excluding hydrogens is 340 g/mol. The van der Waals surface area contributed by atoms with E-state index in [-0.39, 0.29) is 12.3 Å². The molecule has 0 aliphatic heterocycles. The van der Waals surface area contributed by atoms with Crippen LogP contribution in [0.5, 0.6) is 0 Å². The molecule has 25 heavy (non-hydrogen) atoms. The smallest absolute Gasteiger partial charge is 0.210 e. The van der Waals surface area contributed by atoms with Gasteiger partial charge in [0.15, 0.2) is 5.82 Å². The molecule has 130 valence electrons. The summed E-state index contributed by atoms with van der Waals surface area (Å²) in [6.45, 7) is 0.139. The first-order chi connectivity index (χ1) is 12.0. The Bertz CT molecular complexity index is 989. The Balaban J connectivity index is 1.99. The first kappa shape index (κ1) is 17.1. The minimum atomic E-state index is -3.55. The number of primary sulfonamides is 1. The van der Waals surface area contributed by atoms with Gasteiger partial charge in [0.25, 0.3) is 0 Å². The second-order valence-corrected chi connectivity index (χ2v) is 7.14. The molecule has 0 saturated heterocycles. The summed E-state index contributed by atoms with van der Waals surface area (Å²) in [5.41, 5.74) is 3.88. The number of aromatic nitrogens is 3. The second kappa shape index (κ2) is 6.99. The van der Waals surface area contributed by atoms with Gasteiger partial charge in [-0.25, -0.2) is 23.5 Å². The number of nitrogens with two attached hydrogens (primary N) is 1. The number of nitrogens with one attached hydrogen (secondary N) is 2. The highest BCUT2D eigenvalue weighted by molar-refractivity contribution is 7.89. The number of fused-ring (bicyclic) bond motifs is 1.